The van der Waals surface area contributed by atoms with Gasteiger partial charge in [-0.05, 0) is 76.9 Å². The number of aryl methyl sites for hydroxylation is 1. The number of sulfonamides is 1. The van der Waals surface area contributed by atoms with Crippen LogP contribution in [0.4, 0.5) is 11.4 Å². The van der Waals surface area contributed by atoms with Crippen LogP contribution in [0.2, 0.25) is 0 Å². The number of hydrogen-bond donors (Lipinski definition) is 1. The summed E-state index contributed by atoms with van der Waals surface area (Å²) in [6.45, 7) is 1.96. The van der Waals surface area contributed by atoms with Crippen LogP contribution in [0.25, 0.3) is 0 Å². The van der Waals surface area contributed by atoms with Crippen molar-refractivity contribution in [1.29, 1.82) is 0 Å². The third kappa shape index (κ3) is 4.26. The van der Waals surface area contributed by atoms with E-state index in [2.05, 4.69) is 21.2 Å². The van der Waals surface area contributed by atoms with Gasteiger partial charge in [-0.15, -0.1) is 0 Å². The Kier molecular flexibility index (Phi) is 5.86. The maximum Gasteiger partial charge on any atom is 0.264 e. The van der Waals surface area contributed by atoms with Crippen LogP contribution < -0.4 is 9.62 Å². The molecule has 0 heterocycles. The molecule has 0 saturated heterocycles. The van der Waals surface area contributed by atoms with E-state index in [-0.39, 0.29) is 10.8 Å². The molecule has 144 valence electrons. The monoisotopic (exact) mass is 458 g/mol. The van der Waals surface area contributed by atoms with Gasteiger partial charge in [0.15, 0.2) is 0 Å². The van der Waals surface area contributed by atoms with E-state index >= 15 is 0 Å². The van der Waals surface area contributed by atoms with Crippen LogP contribution in [-0.4, -0.2) is 21.4 Å². The highest BCUT2D eigenvalue weighted by Gasteiger charge is 2.21. The number of rotatable bonds is 5. The normalized spacial score (nSPS) is 11.1. The number of halogens is 1. The first-order chi connectivity index (χ1) is 13.3. The molecule has 1 N–H and O–H groups in total. The van der Waals surface area contributed by atoms with Crippen molar-refractivity contribution < 1.29 is 13.2 Å². The molecule has 0 radical (unpaired) electrons. The molecule has 0 fully saturated rings. The standard InChI is InChI=1S/C21H19BrN2O3S/c1-15-8-13-20(19(22)14-15)23-21(25)16-9-11-18(12-10-16)28(26,27)24(2)17-6-4-3-5-7-17/h3-14H,1-2H3,(H,23,25). The van der Waals surface area contributed by atoms with Gasteiger partial charge in [-0.25, -0.2) is 8.42 Å². The predicted octanol–water partition coefficient (Wildman–Crippen LogP) is 4.83. The predicted molar refractivity (Wildman–Crippen MR) is 115 cm³/mol. The maximum absolute atomic E-state index is 12.8. The Morgan fingerprint density at radius 2 is 1.61 bits per heavy atom. The fourth-order valence-corrected chi connectivity index (χ4v) is 4.42. The van der Waals surface area contributed by atoms with Crippen molar-refractivity contribution in [3.8, 4) is 0 Å². The fraction of sp³-hybridized carbons (Fsp3) is 0.0952. The number of nitrogens with one attached hydrogen (secondary N) is 1. The van der Waals surface area contributed by atoms with E-state index < -0.39 is 10.0 Å². The van der Waals surface area contributed by atoms with Gasteiger partial charge in [-0.3, -0.25) is 9.10 Å². The second-order valence-electron chi connectivity index (χ2n) is 6.27. The van der Waals surface area contributed by atoms with Crippen molar-refractivity contribution >= 4 is 43.2 Å². The van der Waals surface area contributed by atoms with Crippen molar-refractivity contribution in [3.05, 3.63) is 88.4 Å². The van der Waals surface area contributed by atoms with Gasteiger partial charge >= 0.3 is 0 Å². The number of amides is 1. The second kappa shape index (κ2) is 8.16. The molecule has 0 unspecified atom stereocenters. The van der Waals surface area contributed by atoms with Gasteiger partial charge in [0, 0.05) is 17.1 Å². The summed E-state index contributed by atoms with van der Waals surface area (Å²) in [5.41, 5.74) is 2.65. The minimum absolute atomic E-state index is 0.118. The lowest BCUT2D eigenvalue weighted by molar-refractivity contribution is 0.102. The van der Waals surface area contributed by atoms with E-state index in [1.54, 1.807) is 24.3 Å². The number of carbonyl (C=O) groups excluding carboxylic acids is 1. The quantitative estimate of drug-likeness (QED) is 0.594. The van der Waals surface area contributed by atoms with Crippen molar-refractivity contribution in [1.82, 2.24) is 0 Å². The molecule has 0 atom stereocenters. The number of carbonyl (C=O) groups is 1. The molecule has 0 aliphatic rings. The van der Waals surface area contributed by atoms with E-state index in [9.17, 15) is 13.2 Å². The van der Waals surface area contributed by atoms with Crippen molar-refractivity contribution in [3.63, 3.8) is 0 Å². The molecule has 0 aliphatic carbocycles. The summed E-state index contributed by atoms with van der Waals surface area (Å²) in [6.07, 6.45) is 0. The topological polar surface area (TPSA) is 66.5 Å². The minimum Gasteiger partial charge on any atom is -0.321 e. The second-order valence-corrected chi connectivity index (χ2v) is 9.09. The summed E-state index contributed by atoms with van der Waals surface area (Å²) in [7, 11) is -2.21. The summed E-state index contributed by atoms with van der Waals surface area (Å²) >= 11 is 3.42. The van der Waals surface area contributed by atoms with Crippen molar-refractivity contribution in [2.45, 2.75) is 11.8 Å². The lowest BCUT2D eigenvalue weighted by Crippen LogP contribution is -2.26. The molecule has 0 bridgehead atoms. The SMILES string of the molecule is Cc1ccc(NC(=O)c2ccc(S(=O)(=O)N(C)c3ccccc3)cc2)c(Br)c1. The fourth-order valence-electron chi connectivity index (χ4n) is 2.63. The molecule has 3 rings (SSSR count). The van der Waals surface area contributed by atoms with Gasteiger partial charge in [0.2, 0.25) is 0 Å². The smallest absolute Gasteiger partial charge is 0.264 e. The molecule has 0 saturated carbocycles. The third-order valence-corrected chi connectivity index (χ3v) is 6.72. The van der Waals surface area contributed by atoms with Crippen LogP contribution in [0.3, 0.4) is 0 Å². The molecule has 0 aliphatic heterocycles. The molecule has 0 spiro atoms. The Morgan fingerprint density at radius 3 is 2.21 bits per heavy atom. The summed E-state index contributed by atoms with van der Waals surface area (Å²) in [4.78, 5) is 12.6. The van der Waals surface area contributed by atoms with Gasteiger partial charge < -0.3 is 5.32 Å². The van der Waals surface area contributed by atoms with E-state index in [0.29, 0.717) is 16.9 Å². The van der Waals surface area contributed by atoms with E-state index in [1.807, 2.05) is 31.2 Å². The molecule has 3 aromatic rings. The molecular weight excluding hydrogens is 440 g/mol. The zero-order valence-electron chi connectivity index (χ0n) is 15.4. The van der Waals surface area contributed by atoms with Crippen LogP contribution in [0.15, 0.2) is 82.2 Å². The van der Waals surface area contributed by atoms with E-state index in [4.69, 9.17) is 0 Å². The highest BCUT2D eigenvalue weighted by atomic mass is 79.9. The first-order valence-corrected chi connectivity index (χ1v) is 10.7. The highest BCUT2D eigenvalue weighted by molar-refractivity contribution is 9.10. The summed E-state index contributed by atoms with van der Waals surface area (Å²) < 4.78 is 27.6. The Balaban J connectivity index is 1.80. The van der Waals surface area contributed by atoms with Crippen LogP contribution in [0.1, 0.15) is 15.9 Å². The lowest BCUT2D eigenvalue weighted by atomic mass is 10.2. The van der Waals surface area contributed by atoms with Crippen LogP contribution in [-0.2, 0) is 10.0 Å². The van der Waals surface area contributed by atoms with Gasteiger partial charge in [-0.1, -0.05) is 24.3 Å². The molecule has 0 aromatic heterocycles. The van der Waals surface area contributed by atoms with E-state index in [0.717, 1.165) is 10.0 Å². The molecule has 1 amide bonds. The lowest BCUT2D eigenvalue weighted by Gasteiger charge is -2.19. The maximum atomic E-state index is 12.8. The van der Waals surface area contributed by atoms with Crippen LogP contribution in [0, 0.1) is 6.92 Å². The van der Waals surface area contributed by atoms with Gasteiger partial charge in [0.25, 0.3) is 15.9 Å². The average molecular weight is 459 g/mol. The van der Waals surface area contributed by atoms with Gasteiger partial charge in [0.1, 0.15) is 0 Å². The Labute approximate surface area is 173 Å². The van der Waals surface area contributed by atoms with Gasteiger partial charge in [0.05, 0.1) is 16.3 Å². The number of hydrogen-bond acceptors (Lipinski definition) is 3. The Morgan fingerprint density at radius 1 is 0.964 bits per heavy atom. The van der Waals surface area contributed by atoms with Crippen LogP contribution in [0.5, 0.6) is 0 Å². The number of benzene rings is 3. The summed E-state index contributed by atoms with van der Waals surface area (Å²) in [5.74, 6) is -0.315. The molecule has 28 heavy (non-hydrogen) atoms. The van der Waals surface area contributed by atoms with Crippen molar-refractivity contribution in [2.24, 2.45) is 0 Å². The number of anilines is 2. The molecule has 7 heteroatoms. The minimum atomic E-state index is -3.71. The summed E-state index contributed by atoms with van der Waals surface area (Å²) in [5, 5.41) is 2.81. The first kappa shape index (κ1) is 20.1. The zero-order valence-corrected chi connectivity index (χ0v) is 17.8. The largest absolute Gasteiger partial charge is 0.321 e. The number of para-hydroxylation sites is 1. The van der Waals surface area contributed by atoms with Gasteiger partial charge in [-0.2, -0.15) is 0 Å². The molecule has 5 nitrogen and oxygen atoms in total. The first-order valence-electron chi connectivity index (χ1n) is 8.50. The molecule has 3 aromatic carbocycles. The van der Waals surface area contributed by atoms with Crippen molar-refractivity contribution in [2.75, 3.05) is 16.7 Å². The van der Waals surface area contributed by atoms with E-state index in [1.165, 1.54) is 35.6 Å². The molecular formula is C21H19BrN2O3S. The van der Waals surface area contributed by atoms with Crippen LogP contribution >= 0.6 is 15.9 Å². The third-order valence-electron chi connectivity index (χ3n) is 4.27. The zero-order chi connectivity index (χ0) is 20.3. The Hall–Kier alpha value is -2.64. The summed E-state index contributed by atoms with van der Waals surface area (Å²) in [6, 6.07) is 20.3. The Bertz CT molecular complexity index is 1100. The number of nitrogens with zero attached hydrogens (tertiary/aromatic N) is 1. The average Bonchev–Trinajstić information content (AvgIpc) is 2.70. The highest BCUT2D eigenvalue weighted by Crippen LogP contribution is 2.25.